The molecule has 5 nitrogen and oxygen atoms in total. The Morgan fingerprint density at radius 1 is 1.59 bits per heavy atom. The predicted molar refractivity (Wildman–Crippen MR) is 60.4 cm³/mol. The zero-order valence-electron chi connectivity index (χ0n) is 10.1. The fourth-order valence-corrected chi connectivity index (χ4v) is 1.44. The molecule has 3 atom stereocenters. The molecule has 3 unspecified atom stereocenters. The Labute approximate surface area is 100 Å². The van der Waals surface area contributed by atoms with Gasteiger partial charge in [-0.3, -0.25) is 9.59 Å². The minimum atomic E-state index is -0.977. The first-order chi connectivity index (χ1) is 8.06. The number of rotatable bonds is 7. The summed E-state index contributed by atoms with van der Waals surface area (Å²) in [7, 11) is 0. The van der Waals surface area contributed by atoms with Gasteiger partial charge in [0.05, 0.1) is 18.4 Å². The van der Waals surface area contributed by atoms with Gasteiger partial charge in [-0.15, -0.1) is 0 Å². The second-order valence-electron chi connectivity index (χ2n) is 4.12. The molecule has 0 spiro atoms. The standard InChI is InChI=1S/C12H18O5/c1-3-4-5-10(11(13)14)8(2)12(15)17-7-9-6-16-9/h3-4,8-10H,5-7H2,1-2H3,(H,13,14). The van der Waals surface area contributed by atoms with E-state index in [1.54, 1.807) is 19.1 Å². The first-order valence-corrected chi connectivity index (χ1v) is 5.68. The highest BCUT2D eigenvalue weighted by Gasteiger charge is 2.32. The molecule has 1 fully saturated rings. The maximum Gasteiger partial charge on any atom is 0.309 e. The maximum atomic E-state index is 11.6. The molecule has 1 rings (SSSR count). The Bertz CT molecular complexity index is 306. The highest BCUT2D eigenvalue weighted by atomic mass is 16.6. The lowest BCUT2D eigenvalue weighted by atomic mass is 9.91. The molecule has 5 heteroatoms. The van der Waals surface area contributed by atoms with Crippen LogP contribution in [0.25, 0.3) is 0 Å². The van der Waals surface area contributed by atoms with E-state index >= 15 is 0 Å². The summed E-state index contributed by atoms with van der Waals surface area (Å²) >= 11 is 0. The number of carboxylic acids is 1. The number of ether oxygens (including phenoxy) is 2. The van der Waals surface area contributed by atoms with Crippen molar-refractivity contribution in [2.24, 2.45) is 11.8 Å². The van der Waals surface area contributed by atoms with Crippen molar-refractivity contribution in [2.45, 2.75) is 26.4 Å². The van der Waals surface area contributed by atoms with Gasteiger partial charge in [0, 0.05) is 0 Å². The van der Waals surface area contributed by atoms with Gasteiger partial charge in [0.15, 0.2) is 0 Å². The molecule has 0 aromatic heterocycles. The molecular formula is C12H18O5. The lowest BCUT2D eigenvalue weighted by Crippen LogP contribution is -2.29. The molecular weight excluding hydrogens is 224 g/mol. The number of hydrogen-bond acceptors (Lipinski definition) is 4. The SMILES string of the molecule is CC=CCC(C(=O)O)C(C)C(=O)OCC1CO1. The van der Waals surface area contributed by atoms with Gasteiger partial charge in [-0.1, -0.05) is 19.1 Å². The van der Waals surface area contributed by atoms with E-state index in [9.17, 15) is 9.59 Å². The normalized spacial score (nSPS) is 22.1. The number of allylic oxidation sites excluding steroid dienone is 2. The molecule has 1 heterocycles. The second-order valence-corrected chi connectivity index (χ2v) is 4.12. The van der Waals surface area contributed by atoms with Gasteiger partial charge in [-0.25, -0.2) is 0 Å². The molecule has 0 amide bonds. The van der Waals surface area contributed by atoms with E-state index in [2.05, 4.69) is 0 Å². The molecule has 0 aromatic rings. The van der Waals surface area contributed by atoms with Crippen molar-refractivity contribution in [3.8, 4) is 0 Å². The fourth-order valence-electron chi connectivity index (χ4n) is 1.44. The number of hydrogen-bond donors (Lipinski definition) is 1. The average Bonchev–Trinajstić information content (AvgIpc) is 3.09. The number of epoxide rings is 1. The van der Waals surface area contributed by atoms with Crippen molar-refractivity contribution < 1.29 is 24.2 Å². The van der Waals surface area contributed by atoms with Crippen molar-refractivity contribution in [1.29, 1.82) is 0 Å². The van der Waals surface area contributed by atoms with Gasteiger partial charge in [-0.2, -0.15) is 0 Å². The zero-order valence-corrected chi connectivity index (χ0v) is 10.1. The summed E-state index contributed by atoms with van der Waals surface area (Å²) in [4.78, 5) is 22.7. The summed E-state index contributed by atoms with van der Waals surface area (Å²) in [6, 6.07) is 0. The Morgan fingerprint density at radius 2 is 2.24 bits per heavy atom. The quantitative estimate of drug-likeness (QED) is 0.413. The van der Waals surface area contributed by atoms with E-state index in [0.29, 0.717) is 13.0 Å². The van der Waals surface area contributed by atoms with Crippen molar-refractivity contribution in [3.05, 3.63) is 12.2 Å². The monoisotopic (exact) mass is 242 g/mol. The van der Waals surface area contributed by atoms with E-state index in [1.165, 1.54) is 0 Å². The third kappa shape index (κ3) is 4.56. The first-order valence-electron chi connectivity index (χ1n) is 5.68. The van der Waals surface area contributed by atoms with Crippen molar-refractivity contribution in [2.75, 3.05) is 13.2 Å². The molecule has 96 valence electrons. The summed E-state index contributed by atoms with van der Waals surface area (Å²) < 4.78 is 9.89. The van der Waals surface area contributed by atoms with Gasteiger partial charge in [0.2, 0.25) is 0 Å². The molecule has 0 aliphatic carbocycles. The van der Waals surface area contributed by atoms with Crippen LogP contribution in [0.5, 0.6) is 0 Å². The summed E-state index contributed by atoms with van der Waals surface area (Å²) in [5.41, 5.74) is 0. The Hall–Kier alpha value is -1.36. The zero-order chi connectivity index (χ0) is 12.8. The fraction of sp³-hybridized carbons (Fsp3) is 0.667. The van der Waals surface area contributed by atoms with Crippen LogP contribution in [-0.4, -0.2) is 36.4 Å². The van der Waals surface area contributed by atoms with E-state index in [-0.39, 0.29) is 12.7 Å². The van der Waals surface area contributed by atoms with Crippen LogP contribution in [0, 0.1) is 11.8 Å². The minimum absolute atomic E-state index is 0.00460. The number of esters is 1. The van der Waals surface area contributed by atoms with Crippen LogP contribution in [0.2, 0.25) is 0 Å². The predicted octanol–water partition coefficient (Wildman–Crippen LogP) is 1.23. The van der Waals surface area contributed by atoms with Gasteiger partial charge in [0.25, 0.3) is 0 Å². The van der Waals surface area contributed by atoms with Gasteiger partial charge in [-0.05, 0) is 13.3 Å². The topological polar surface area (TPSA) is 76.1 Å². The summed E-state index contributed by atoms with van der Waals surface area (Å²) in [5, 5.41) is 9.04. The minimum Gasteiger partial charge on any atom is -0.481 e. The van der Waals surface area contributed by atoms with Crippen LogP contribution in [0.3, 0.4) is 0 Å². The van der Waals surface area contributed by atoms with Crippen molar-refractivity contribution >= 4 is 11.9 Å². The van der Waals surface area contributed by atoms with E-state index in [1.807, 2.05) is 6.92 Å². The first kappa shape index (κ1) is 13.7. The number of carboxylic acid groups (broad SMARTS) is 1. The smallest absolute Gasteiger partial charge is 0.309 e. The molecule has 1 N–H and O–H groups in total. The van der Waals surface area contributed by atoms with Crippen molar-refractivity contribution in [3.63, 3.8) is 0 Å². The maximum absolute atomic E-state index is 11.6. The molecule has 0 bridgehead atoms. The van der Waals surface area contributed by atoms with Crippen LogP contribution >= 0.6 is 0 Å². The van der Waals surface area contributed by atoms with E-state index in [0.717, 1.165) is 0 Å². The summed E-state index contributed by atoms with van der Waals surface area (Å²) in [6.07, 6.45) is 3.85. The van der Waals surface area contributed by atoms with Gasteiger partial charge in [0.1, 0.15) is 12.7 Å². The Balaban J connectivity index is 2.45. The van der Waals surface area contributed by atoms with Crippen molar-refractivity contribution in [1.82, 2.24) is 0 Å². The molecule has 1 aliphatic heterocycles. The Morgan fingerprint density at radius 3 is 2.71 bits per heavy atom. The van der Waals surface area contributed by atoms with E-state index < -0.39 is 23.8 Å². The highest BCUT2D eigenvalue weighted by Crippen LogP contribution is 2.19. The summed E-state index contributed by atoms with van der Waals surface area (Å²) in [6.45, 7) is 4.23. The van der Waals surface area contributed by atoms with Gasteiger partial charge >= 0.3 is 11.9 Å². The second kappa shape index (κ2) is 6.39. The largest absolute Gasteiger partial charge is 0.481 e. The Kier molecular flexibility index (Phi) is 5.15. The van der Waals surface area contributed by atoms with Crippen LogP contribution in [0.1, 0.15) is 20.3 Å². The number of carbonyl (C=O) groups excluding carboxylic acids is 1. The average molecular weight is 242 g/mol. The third-order valence-electron chi connectivity index (χ3n) is 2.73. The van der Waals surface area contributed by atoms with Crippen LogP contribution < -0.4 is 0 Å². The van der Waals surface area contributed by atoms with Crippen LogP contribution in [-0.2, 0) is 19.1 Å². The lowest BCUT2D eigenvalue weighted by molar-refractivity contribution is -0.157. The molecule has 17 heavy (non-hydrogen) atoms. The molecule has 1 aliphatic rings. The molecule has 0 saturated carbocycles. The number of aliphatic carboxylic acids is 1. The molecule has 0 radical (unpaired) electrons. The third-order valence-corrected chi connectivity index (χ3v) is 2.73. The number of carbonyl (C=O) groups is 2. The summed E-state index contributed by atoms with van der Waals surface area (Å²) in [5.74, 6) is -2.84. The van der Waals surface area contributed by atoms with E-state index in [4.69, 9.17) is 14.6 Å². The molecule has 1 saturated heterocycles. The van der Waals surface area contributed by atoms with Crippen LogP contribution in [0.15, 0.2) is 12.2 Å². The lowest BCUT2D eigenvalue weighted by Gasteiger charge is -2.17. The molecule has 0 aromatic carbocycles. The highest BCUT2D eigenvalue weighted by molar-refractivity contribution is 5.80. The van der Waals surface area contributed by atoms with Gasteiger partial charge < -0.3 is 14.6 Å². The van der Waals surface area contributed by atoms with Crippen LogP contribution in [0.4, 0.5) is 0 Å².